The monoisotopic (exact) mass is 583 g/mol. The van der Waals surface area contributed by atoms with E-state index in [-0.39, 0.29) is 23.3 Å². The molecule has 1 saturated heterocycles. The van der Waals surface area contributed by atoms with Crippen molar-refractivity contribution in [1.29, 1.82) is 0 Å². The summed E-state index contributed by atoms with van der Waals surface area (Å²) in [4.78, 5) is 16.1. The minimum absolute atomic E-state index is 0.0312. The molecular weight excluding hydrogens is 546 g/mol. The summed E-state index contributed by atoms with van der Waals surface area (Å²) in [6, 6.07) is 27.3. The fourth-order valence-corrected chi connectivity index (χ4v) is 7.26. The topological polar surface area (TPSA) is 87.7 Å². The number of piperidine rings is 1. The van der Waals surface area contributed by atoms with E-state index >= 15 is 0 Å². The average Bonchev–Trinajstić information content (AvgIpc) is 3.01. The number of carbonyl (C=O) groups excluding carboxylic acids is 1. The van der Waals surface area contributed by atoms with E-state index in [9.17, 15) is 13.2 Å². The molecule has 1 fully saturated rings. The first-order valence-electron chi connectivity index (χ1n) is 14.8. The molecule has 0 radical (unpaired) electrons. The molecule has 7 nitrogen and oxygen atoms in total. The highest BCUT2D eigenvalue weighted by atomic mass is 32.2. The van der Waals surface area contributed by atoms with Gasteiger partial charge in [-0.3, -0.25) is 9.69 Å². The van der Waals surface area contributed by atoms with E-state index in [2.05, 4.69) is 33.1 Å². The molecule has 4 aromatic rings. The second-order valence-electron chi connectivity index (χ2n) is 11.3. The molecular formula is C34H37N3O4S. The molecule has 2 heterocycles. The number of carbonyl (C=O) groups is 1. The molecule has 1 amide bonds. The summed E-state index contributed by atoms with van der Waals surface area (Å²) in [5.74, 6) is 0.595. The number of benzene rings is 4. The summed E-state index contributed by atoms with van der Waals surface area (Å²) in [6.07, 6.45) is 4.43. The van der Waals surface area contributed by atoms with Crippen LogP contribution in [0.15, 0.2) is 95.9 Å². The van der Waals surface area contributed by atoms with Crippen LogP contribution in [-0.4, -0.2) is 38.9 Å². The van der Waals surface area contributed by atoms with E-state index in [1.165, 1.54) is 24.8 Å². The Kier molecular flexibility index (Phi) is 8.55. The van der Waals surface area contributed by atoms with Crippen LogP contribution in [0.2, 0.25) is 0 Å². The van der Waals surface area contributed by atoms with E-state index in [0.717, 1.165) is 47.3 Å². The minimum atomic E-state index is -3.90. The molecule has 2 atom stereocenters. The van der Waals surface area contributed by atoms with Crippen LogP contribution in [0.25, 0.3) is 10.8 Å². The van der Waals surface area contributed by atoms with Crippen molar-refractivity contribution in [2.75, 3.05) is 19.7 Å². The zero-order valence-electron chi connectivity index (χ0n) is 23.7. The van der Waals surface area contributed by atoms with Gasteiger partial charge in [-0.25, -0.2) is 13.1 Å². The lowest BCUT2D eigenvalue weighted by Crippen LogP contribution is -2.36. The highest BCUT2D eigenvalue weighted by molar-refractivity contribution is 7.89. The van der Waals surface area contributed by atoms with Gasteiger partial charge in [0, 0.05) is 24.9 Å². The van der Waals surface area contributed by atoms with E-state index in [0.29, 0.717) is 13.0 Å². The van der Waals surface area contributed by atoms with E-state index in [4.69, 9.17) is 4.74 Å². The molecule has 0 bridgehead atoms. The number of nitrogens with one attached hydrogen (secondary N) is 2. The summed E-state index contributed by atoms with van der Waals surface area (Å²) >= 11 is 0. The van der Waals surface area contributed by atoms with Gasteiger partial charge in [0.1, 0.15) is 5.75 Å². The summed E-state index contributed by atoms with van der Waals surface area (Å²) in [5, 5.41) is 4.96. The van der Waals surface area contributed by atoms with Crippen molar-refractivity contribution in [2.45, 2.75) is 55.6 Å². The second-order valence-corrected chi connectivity index (χ2v) is 13.0. The third-order valence-electron chi connectivity index (χ3n) is 8.23. The lowest BCUT2D eigenvalue weighted by molar-refractivity contribution is -0.122. The van der Waals surface area contributed by atoms with Crippen LogP contribution >= 0.6 is 0 Å². The number of nitrogens with zero attached hydrogens (tertiary/aromatic N) is 1. The number of hydrogen-bond acceptors (Lipinski definition) is 5. The molecule has 8 heteroatoms. The number of fused-ring (bicyclic) bond motifs is 2. The molecule has 2 aliphatic rings. The van der Waals surface area contributed by atoms with Crippen molar-refractivity contribution in [3.8, 4) is 5.75 Å². The maximum Gasteiger partial charge on any atom is 0.241 e. The molecule has 0 saturated carbocycles. The van der Waals surface area contributed by atoms with Gasteiger partial charge in [-0.05, 0) is 66.0 Å². The van der Waals surface area contributed by atoms with E-state index < -0.39 is 16.1 Å². The van der Waals surface area contributed by atoms with Gasteiger partial charge in [0.15, 0.2) is 0 Å². The number of amides is 1. The van der Waals surface area contributed by atoms with Gasteiger partial charge >= 0.3 is 0 Å². The van der Waals surface area contributed by atoms with E-state index in [1.807, 2.05) is 54.6 Å². The molecule has 0 unspecified atom stereocenters. The largest absolute Gasteiger partial charge is 0.493 e. The first-order valence-corrected chi connectivity index (χ1v) is 16.3. The lowest BCUT2D eigenvalue weighted by Gasteiger charge is -2.29. The number of ether oxygens (including phenoxy) is 1. The predicted octanol–water partition coefficient (Wildman–Crippen LogP) is 5.88. The second kappa shape index (κ2) is 12.7. The Morgan fingerprint density at radius 2 is 1.64 bits per heavy atom. The SMILES string of the molecule is O=C(C[C@H](NS(=O)(=O)c1ccc2ccccc2c1)c1ccccc1)N[C@@H]1CCOc2cc(CN3CCCCC3)ccc21. The van der Waals surface area contributed by atoms with Crippen LogP contribution in [0.3, 0.4) is 0 Å². The fourth-order valence-electron chi connectivity index (χ4n) is 6.00. The molecule has 2 aliphatic heterocycles. The van der Waals surface area contributed by atoms with Gasteiger partial charge in [-0.15, -0.1) is 0 Å². The summed E-state index contributed by atoms with van der Waals surface area (Å²) < 4.78 is 35.8. The molecule has 0 spiro atoms. The molecule has 218 valence electrons. The maximum absolute atomic E-state index is 13.5. The third kappa shape index (κ3) is 6.67. The average molecular weight is 584 g/mol. The minimum Gasteiger partial charge on any atom is -0.493 e. The molecule has 6 rings (SSSR count). The van der Waals surface area contributed by atoms with Gasteiger partial charge in [0.05, 0.1) is 23.6 Å². The molecule has 4 aromatic carbocycles. The van der Waals surface area contributed by atoms with Crippen molar-refractivity contribution in [1.82, 2.24) is 14.9 Å². The van der Waals surface area contributed by atoms with Gasteiger partial charge in [0.2, 0.25) is 15.9 Å². The highest BCUT2D eigenvalue weighted by Crippen LogP contribution is 2.34. The van der Waals surface area contributed by atoms with E-state index in [1.54, 1.807) is 18.2 Å². The Hall–Kier alpha value is -3.72. The third-order valence-corrected chi connectivity index (χ3v) is 9.70. The summed E-state index contributed by atoms with van der Waals surface area (Å²) in [7, 11) is -3.90. The number of sulfonamides is 1. The van der Waals surface area contributed by atoms with Crippen molar-refractivity contribution in [3.63, 3.8) is 0 Å². The number of rotatable bonds is 9. The Balaban J connectivity index is 1.17. The van der Waals surface area contributed by atoms with Crippen LogP contribution < -0.4 is 14.8 Å². The first-order chi connectivity index (χ1) is 20.4. The fraction of sp³-hybridized carbons (Fsp3) is 0.324. The van der Waals surface area contributed by atoms with Crippen LogP contribution in [0.1, 0.15) is 60.9 Å². The van der Waals surface area contributed by atoms with Crippen molar-refractivity contribution >= 4 is 26.7 Å². The Morgan fingerprint density at radius 1 is 0.881 bits per heavy atom. The zero-order chi connectivity index (χ0) is 28.9. The molecule has 2 N–H and O–H groups in total. The van der Waals surface area contributed by atoms with Crippen LogP contribution in [0.5, 0.6) is 5.75 Å². The normalized spacial score (nSPS) is 18.1. The van der Waals surface area contributed by atoms with Gasteiger partial charge in [-0.1, -0.05) is 79.2 Å². The Morgan fingerprint density at radius 3 is 2.45 bits per heavy atom. The summed E-state index contributed by atoms with van der Waals surface area (Å²) in [5.41, 5.74) is 2.91. The Bertz CT molecular complexity index is 1650. The maximum atomic E-state index is 13.5. The smallest absolute Gasteiger partial charge is 0.241 e. The zero-order valence-corrected chi connectivity index (χ0v) is 24.5. The van der Waals surface area contributed by atoms with Crippen LogP contribution in [0.4, 0.5) is 0 Å². The quantitative estimate of drug-likeness (QED) is 0.257. The van der Waals surface area contributed by atoms with Crippen molar-refractivity contribution in [3.05, 3.63) is 108 Å². The lowest BCUT2D eigenvalue weighted by atomic mass is 9.97. The molecule has 0 aliphatic carbocycles. The van der Waals surface area contributed by atoms with Gasteiger partial charge < -0.3 is 10.1 Å². The Labute approximate surface area is 247 Å². The molecule has 0 aromatic heterocycles. The van der Waals surface area contributed by atoms with Crippen LogP contribution in [-0.2, 0) is 21.4 Å². The standard InChI is InChI=1S/C34H37N3O4S/c38-34(35-31-17-20-41-33-21-25(13-16-30(31)33)24-37-18-7-2-8-19-37)23-32(27-10-3-1-4-11-27)36-42(39,40)29-15-14-26-9-5-6-12-28(26)22-29/h1,3-6,9-16,21-22,31-32,36H,2,7-8,17-20,23-24H2,(H,35,38)/t31-,32+/m1/s1. The van der Waals surface area contributed by atoms with Crippen molar-refractivity contribution in [2.24, 2.45) is 0 Å². The highest BCUT2D eigenvalue weighted by Gasteiger charge is 2.28. The molecule has 42 heavy (non-hydrogen) atoms. The van der Waals surface area contributed by atoms with Crippen molar-refractivity contribution < 1.29 is 17.9 Å². The predicted molar refractivity (Wildman–Crippen MR) is 165 cm³/mol. The number of hydrogen-bond donors (Lipinski definition) is 2. The number of likely N-dealkylation sites (tertiary alicyclic amines) is 1. The van der Waals surface area contributed by atoms with Crippen LogP contribution in [0, 0.1) is 0 Å². The first kappa shape index (κ1) is 28.4. The van der Waals surface area contributed by atoms with Gasteiger partial charge in [-0.2, -0.15) is 0 Å². The summed E-state index contributed by atoms with van der Waals surface area (Å²) in [6.45, 7) is 3.68. The van der Waals surface area contributed by atoms with Gasteiger partial charge in [0.25, 0.3) is 0 Å².